The number of urea groups is 1. The van der Waals surface area contributed by atoms with Gasteiger partial charge in [-0.15, -0.1) is 0 Å². The number of amides is 2. The monoisotopic (exact) mass is 320 g/mol. The molecule has 0 fully saturated rings. The van der Waals surface area contributed by atoms with Crippen LogP contribution in [0.1, 0.15) is 31.0 Å². The number of ether oxygens (including phenoxy) is 1. The molecular formula is C17H21FN2O3. The summed E-state index contributed by atoms with van der Waals surface area (Å²) in [6, 6.07) is 5.61. The Labute approximate surface area is 135 Å². The van der Waals surface area contributed by atoms with Gasteiger partial charge in [0, 0.05) is 12.1 Å². The first-order valence-electron chi connectivity index (χ1n) is 7.45. The van der Waals surface area contributed by atoms with E-state index in [0.717, 1.165) is 5.56 Å². The Bertz CT molecular complexity index is 643. The SMILES string of the molecule is CCN(Cc1ccoc1)C(=O)N[C@@H](C)c1c(F)cccc1OC. The Morgan fingerprint density at radius 2 is 2.22 bits per heavy atom. The van der Waals surface area contributed by atoms with Crippen LogP contribution in [0.4, 0.5) is 9.18 Å². The summed E-state index contributed by atoms with van der Waals surface area (Å²) in [6.07, 6.45) is 3.16. The standard InChI is InChI=1S/C17H21FN2O3/c1-4-20(10-13-8-9-23-11-13)17(21)19-12(2)16-14(18)6-5-7-15(16)22-3/h5-9,11-12H,4,10H2,1-3H3,(H,19,21)/t12-/m0/s1. The molecule has 0 radical (unpaired) electrons. The fourth-order valence-electron chi connectivity index (χ4n) is 2.39. The van der Waals surface area contributed by atoms with E-state index in [2.05, 4.69) is 5.32 Å². The summed E-state index contributed by atoms with van der Waals surface area (Å²) in [5.74, 6) is 0.00529. The third-order valence-electron chi connectivity index (χ3n) is 3.63. The molecule has 2 amide bonds. The lowest BCUT2D eigenvalue weighted by Crippen LogP contribution is -2.40. The van der Waals surface area contributed by atoms with Crippen LogP contribution in [0.5, 0.6) is 5.75 Å². The summed E-state index contributed by atoms with van der Waals surface area (Å²) in [7, 11) is 1.48. The van der Waals surface area contributed by atoms with Gasteiger partial charge < -0.3 is 19.4 Å². The molecule has 1 aromatic carbocycles. The van der Waals surface area contributed by atoms with E-state index in [1.165, 1.54) is 13.2 Å². The van der Waals surface area contributed by atoms with Crippen molar-refractivity contribution in [1.82, 2.24) is 10.2 Å². The number of carbonyl (C=O) groups excluding carboxylic acids is 1. The second-order valence-corrected chi connectivity index (χ2v) is 5.17. The van der Waals surface area contributed by atoms with Gasteiger partial charge in [0.1, 0.15) is 11.6 Å². The van der Waals surface area contributed by atoms with Gasteiger partial charge in [0.15, 0.2) is 0 Å². The van der Waals surface area contributed by atoms with Gasteiger partial charge in [-0.3, -0.25) is 0 Å². The predicted molar refractivity (Wildman–Crippen MR) is 84.7 cm³/mol. The van der Waals surface area contributed by atoms with E-state index in [1.54, 1.807) is 42.5 Å². The van der Waals surface area contributed by atoms with Crippen molar-refractivity contribution in [3.63, 3.8) is 0 Å². The molecule has 1 N–H and O–H groups in total. The van der Waals surface area contributed by atoms with Gasteiger partial charge in [-0.2, -0.15) is 0 Å². The maximum Gasteiger partial charge on any atom is 0.318 e. The van der Waals surface area contributed by atoms with Crippen molar-refractivity contribution in [2.24, 2.45) is 0 Å². The highest BCUT2D eigenvalue weighted by molar-refractivity contribution is 5.74. The molecule has 0 spiro atoms. The van der Waals surface area contributed by atoms with Crippen LogP contribution in [0, 0.1) is 5.82 Å². The molecule has 0 aliphatic carbocycles. The molecule has 0 saturated heterocycles. The normalized spacial score (nSPS) is 11.8. The number of nitrogens with one attached hydrogen (secondary N) is 1. The van der Waals surface area contributed by atoms with Crippen LogP contribution in [0.2, 0.25) is 0 Å². The average Bonchev–Trinajstić information content (AvgIpc) is 3.04. The van der Waals surface area contributed by atoms with E-state index in [1.807, 2.05) is 6.92 Å². The topological polar surface area (TPSA) is 54.7 Å². The molecule has 2 aromatic rings. The second kappa shape index (κ2) is 7.67. The van der Waals surface area contributed by atoms with Crippen LogP contribution in [0.25, 0.3) is 0 Å². The highest BCUT2D eigenvalue weighted by atomic mass is 19.1. The zero-order chi connectivity index (χ0) is 16.8. The molecule has 2 rings (SSSR count). The number of hydrogen-bond donors (Lipinski definition) is 1. The van der Waals surface area contributed by atoms with E-state index < -0.39 is 11.9 Å². The number of benzene rings is 1. The van der Waals surface area contributed by atoms with Crippen molar-refractivity contribution in [3.05, 3.63) is 53.7 Å². The van der Waals surface area contributed by atoms with Crippen molar-refractivity contribution in [2.45, 2.75) is 26.4 Å². The summed E-state index contributed by atoms with van der Waals surface area (Å²) in [6.45, 7) is 4.57. The van der Waals surface area contributed by atoms with Crippen LogP contribution >= 0.6 is 0 Å². The minimum absolute atomic E-state index is 0.272. The number of nitrogens with zero attached hydrogens (tertiary/aromatic N) is 1. The molecule has 1 atom stereocenters. The minimum Gasteiger partial charge on any atom is -0.496 e. The lowest BCUT2D eigenvalue weighted by atomic mass is 10.1. The molecule has 0 saturated carbocycles. The lowest BCUT2D eigenvalue weighted by molar-refractivity contribution is 0.194. The molecule has 5 nitrogen and oxygen atoms in total. The first kappa shape index (κ1) is 16.9. The van der Waals surface area contributed by atoms with Gasteiger partial charge in [0.25, 0.3) is 0 Å². The van der Waals surface area contributed by atoms with Gasteiger partial charge in [-0.1, -0.05) is 6.07 Å². The van der Waals surface area contributed by atoms with Crippen molar-refractivity contribution >= 4 is 6.03 Å². The van der Waals surface area contributed by atoms with Crippen molar-refractivity contribution in [2.75, 3.05) is 13.7 Å². The summed E-state index contributed by atoms with van der Waals surface area (Å²) in [4.78, 5) is 14.0. The van der Waals surface area contributed by atoms with E-state index in [9.17, 15) is 9.18 Å². The maximum atomic E-state index is 14.1. The highest BCUT2D eigenvalue weighted by Gasteiger charge is 2.21. The first-order chi connectivity index (χ1) is 11.1. The zero-order valence-electron chi connectivity index (χ0n) is 13.5. The van der Waals surface area contributed by atoms with Crippen LogP contribution in [-0.2, 0) is 6.54 Å². The van der Waals surface area contributed by atoms with Crippen LogP contribution in [0.3, 0.4) is 0 Å². The van der Waals surface area contributed by atoms with Gasteiger partial charge in [0.2, 0.25) is 0 Å². The number of rotatable bonds is 6. The number of furan rings is 1. The lowest BCUT2D eigenvalue weighted by Gasteiger charge is -2.24. The summed E-state index contributed by atoms with van der Waals surface area (Å²) in [5, 5.41) is 2.81. The zero-order valence-corrected chi connectivity index (χ0v) is 13.5. The second-order valence-electron chi connectivity index (χ2n) is 5.17. The average molecular weight is 320 g/mol. The van der Waals surface area contributed by atoms with E-state index >= 15 is 0 Å². The van der Waals surface area contributed by atoms with Crippen LogP contribution < -0.4 is 10.1 Å². The minimum atomic E-state index is -0.517. The summed E-state index contributed by atoms with van der Waals surface area (Å²) >= 11 is 0. The fourth-order valence-corrected chi connectivity index (χ4v) is 2.39. The van der Waals surface area contributed by atoms with Crippen LogP contribution in [0.15, 0.2) is 41.2 Å². The van der Waals surface area contributed by atoms with Gasteiger partial charge >= 0.3 is 6.03 Å². The molecule has 0 unspecified atom stereocenters. The van der Waals surface area contributed by atoms with Crippen molar-refractivity contribution in [1.29, 1.82) is 0 Å². The molecular weight excluding hydrogens is 299 g/mol. The Hall–Kier alpha value is -2.50. The maximum absolute atomic E-state index is 14.1. The Balaban J connectivity index is 2.09. The van der Waals surface area contributed by atoms with Crippen molar-refractivity contribution in [3.8, 4) is 5.75 Å². The molecule has 0 aliphatic rings. The number of carbonyl (C=O) groups is 1. The Morgan fingerprint density at radius 3 is 2.83 bits per heavy atom. The predicted octanol–water partition coefficient (Wildman–Crippen LogP) is 3.72. The van der Waals surface area contributed by atoms with Crippen LogP contribution in [-0.4, -0.2) is 24.6 Å². The van der Waals surface area contributed by atoms with Crippen molar-refractivity contribution < 1.29 is 18.3 Å². The van der Waals surface area contributed by atoms with E-state index in [-0.39, 0.29) is 6.03 Å². The third kappa shape index (κ3) is 4.03. The molecule has 124 valence electrons. The number of hydrogen-bond acceptors (Lipinski definition) is 3. The molecule has 6 heteroatoms. The number of halogens is 1. The largest absolute Gasteiger partial charge is 0.496 e. The summed E-state index contributed by atoms with van der Waals surface area (Å²) < 4.78 is 24.3. The highest BCUT2D eigenvalue weighted by Crippen LogP contribution is 2.27. The molecule has 1 aromatic heterocycles. The Morgan fingerprint density at radius 1 is 1.43 bits per heavy atom. The number of methoxy groups -OCH3 is 1. The van der Waals surface area contributed by atoms with Gasteiger partial charge in [-0.05, 0) is 32.0 Å². The smallest absolute Gasteiger partial charge is 0.318 e. The van der Waals surface area contributed by atoms with Gasteiger partial charge in [-0.25, -0.2) is 9.18 Å². The van der Waals surface area contributed by atoms with E-state index in [4.69, 9.17) is 9.15 Å². The molecule has 1 heterocycles. The fraction of sp³-hybridized carbons (Fsp3) is 0.353. The first-order valence-corrected chi connectivity index (χ1v) is 7.45. The summed E-state index contributed by atoms with van der Waals surface area (Å²) in [5.41, 5.74) is 1.24. The van der Waals surface area contributed by atoms with E-state index in [0.29, 0.717) is 24.4 Å². The third-order valence-corrected chi connectivity index (χ3v) is 3.63. The quantitative estimate of drug-likeness (QED) is 0.882. The van der Waals surface area contributed by atoms with Gasteiger partial charge in [0.05, 0.1) is 37.8 Å². The Kier molecular flexibility index (Phi) is 5.62. The molecule has 0 aliphatic heterocycles. The molecule has 0 bridgehead atoms. The molecule has 23 heavy (non-hydrogen) atoms.